The van der Waals surface area contributed by atoms with Crippen molar-refractivity contribution in [2.24, 2.45) is 5.73 Å². The molecule has 0 bridgehead atoms. The average molecular weight is 298 g/mol. The quantitative estimate of drug-likeness (QED) is 0.883. The predicted molar refractivity (Wildman–Crippen MR) is 82.4 cm³/mol. The highest BCUT2D eigenvalue weighted by Crippen LogP contribution is 2.36. The number of nitrogens with one attached hydrogen (secondary N) is 1. The Kier molecular flexibility index (Phi) is 3.91. The van der Waals surface area contributed by atoms with Gasteiger partial charge in [0.1, 0.15) is 6.54 Å². The number of amides is 2. The molecule has 1 fully saturated rings. The molecule has 0 atom stereocenters. The third kappa shape index (κ3) is 3.16. The number of primary amides is 1. The lowest BCUT2D eigenvalue weighted by Crippen LogP contribution is -2.18. The van der Waals surface area contributed by atoms with Gasteiger partial charge >= 0.3 is 0 Å². The lowest BCUT2D eigenvalue weighted by Gasteiger charge is -2.25. The van der Waals surface area contributed by atoms with E-state index in [1.165, 1.54) is 35.7 Å². The Labute approximate surface area is 128 Å². The van der Waals surface area contributed by atoms with E-state index in [0.717, 1.165) is 0 Å². The minimum atomic E-state index is -0.479. The van der Waals surface area contributed by atoms with E-state index in [1.807, 2.05) is 24.3 Å². The van der Waals surface area contributed by atoms with E-state index < -0.39 is 5.91 Å². The molecule has 1 aromatic heterocycles. The van der Waals surface area contributed by atoms with Crippen molar-refractivity contribution in [2.75, 3.05) is 5.32 Å². The van der Waals surface area contributed by atoms with Crippen LogP contribution in [0.5, 0.6) is 0 Å². The fraction of sp³-hybridized carbons (Fsp3) is 0.312. The highest BCUT2D eigenvalue weighted by Gasteiger charge is 2.19. The average Bonchev–Trinajstić information content (AvgIpc) is 2.84. The zero-order chi connectivity index (χ0) is 15.5. The summed E-state index contributed by atoms with van der Waals surface area (Å²) in [5, 5.41) is 6.71. The number of nitrogens with two attached hydrogens (primary N) is 1. The Morgan fingerprint density at radius 3 is 2.59 bits per heavy atom. The van der Waals surface area contributed by atoms with Gasteiger partial charge in [-0.15, -0.1) is 0 Å². The number of anilines is 1. The molecule has 3 rings (SSSR count). The standard InChI is InChI=1S/C16H18N4O2/c17-15(21)10-20-9-14(8-18-20)19-16(22)13-6-4-12(5-7-13)11-2-1-3-11/h4-9,11H,1-3,10H2,(H2,17,21)(H,19,22). The molecule has 2 aromatic rings. The molecule has 0 unspecified atom stereocenters. The van der Waals surface area contributed by atoms with Crippen molar-refractivity contribution in [1.82, 2.24) is 9.78 Å². The van der Waals surface area contributed by atoms with Gasteiger partial charge in [0.15, 0.2) is 0 Å². The van der Waals surface area contributed by atoms with E-state index in [9.17, 15) is 9.59 Å². The van der Waals surface area contributed by atoms with Crippen LogP contribution in [0.2, 0.25) is 0 Å². The highest BCUT2D eigenvalue weighted by atomic mass is 16.2. The van der Waals surface area contributed by atoms with Crippen LogP contribution in [0.4, 0.5) is 5.69 Å². The van der Waals surface area contributed by atoms with Crippen LogP contribution in [-0.2, 0) is 11.3 Å². The van der Waals surface area contributed by atoms with E-state index in [2.05, 4.69) is 10.4 Å². The second-order valence-electron chi connectivity index (χ2n) is 5.60. The minimum absolute atomic E-state index is 0.00798. The molecular formula is C16H18N4O2. The third-order valence-electron chi connectivity index (χ3n) is 3.96. The lowest BCUT2D eigenvalue weighted by atomic mass is 9.80. The van der Waals surface area contributed by atoms with Crippen LogP contribution in [-0.4, -0.2) is 21.6 Å². The van der Waals surface area contributed by atoms with Crippen LogP contribution in [0.1, 0.15) is 41.1 Å². The molecule has 1 aromatic carbocycles. The van der Waals surface area contributed by atoms with Gasteiger partial charge in [-0.3, -0.25) is 14.3 Å². The summed E-state index contributed by atoms with van der Waals surface area (Å²) in [4.78, 5) is 23.0. The molecule has 6 nitrogen and oxygen atoms in total. The van der Waals surface area contributed by atoms with Gasteiger partial charge in [-0.25, -0.2) is 0 Å². The SMILES string of the molecule is NC(=O)Cn1cc(NC(=O)c2ccc(C3CCC3)cc2)cn1. The number of nitrogens with zero attached hydrogens (tertiary/aromatic N) is 2. The second kappa shape index (κ2) is 6.01. The van der Waals surface area contributed by atoms with Crippen LogP contribution in [0, 0.1) is 0 Å². The number of rotatable bonds is 5. The Hall–Kier alpha value is -2.63. The smallest absolute Gasteiger partial charge is 0.255 e. The van der Waals surface area contributed by atoms with Crippen LogP contribution >= 0.6 is 0 Å². The summed E-state index contributed by atoms with van der Waals surface area (Å²) in [7, 11) is 0. The van der Waals surface area contributed by atoms with Gasteiger partial charge in [-0.2, -0.15) is 5.10 Å². The Bertz CT molecular complexity index is 686. The molecule has 0 aliphatic heterocycles. The first kappa shape index (κ1) is 14.3. The second-order valence-corrected chi connectivity index (χ2v) is 5.60. The zero-order valence-corrected chi connectivity index (χ0v) is 12.2. The highest BCUT2D eigenvalue weighted by molar-refractivity contribution is 6.04. The monoisotopic (exact) mass is 298 g/mol. The first-order valence-corrected chi connectivity index (χ1v) is 7.34. The molecule has 1 saturated carbocycles. The fourth-order valence-electron chi connectivity index (χ4n) is 2.53. The maximum atomic E-state index is 12.2. The molecule has 6 heteroatoms. The molecule has 1 aliphatic carbocycles. The topological polar surface area (TPSA) is 90.0 Å². The molecule has 0 radical (unpaired) electrons. The van der Waals surface area contributed by atoms with Crippen molar-refractivity contribution in [2.45, 2.75) is 31.7 Å². The van der Waals surface area contributed by atoms with Gasteiger partial charge in [0.05, 0.1) is 11.9 Å². The molecule has 1 heterocycles. The predicted octanol–water partition coefficient (Wildman–Crippen LogP) is 1.89. The Balaban J connectivity index is 1.63. The summed E-state index contributed by atoms with van der Waals surface area (Å²) >= 11 is 0. The number of carbonyl (C=O) groups excluding carboxylic acids is 2. The molecule has 3 N–H and O–H groups in total. The lowest BCUT2D eigenvalue weighted by molar-refractivity contribution is -0.118. The summed E-state index contributed by atoms with van der Waals surface area (Å²) in [5.74, 6) is -0.0181. The van der Waals surface area contributed by atoms with E-state index in [-0.39, 0.29) is 12.5 Å². The Morgan fingerprint density at radius 2 is 2.00 bits per heavy atom. The summed E-state index contributed by atoms with van der Waals surface area (Å²) < 4.78 is 1.39. The summed E-state index contributed by atoms with van der Waals surface area (Å²) in [5.41, 5.74) is 7.54. The van der Waals surface area contributed by atoms with Crippen molar-refractivity contribution in [3.8, 4) is 0 Å². The number of benzene rings is 1. The maximum absolute atomic E-state index is 12.2. The molecule has 1 aliphatic rings. The van der Waals surface area contributed by atoms with E-state index in [4.69, 9.17) is 5.73 Å². The Morgan fingerprint density at radius 1 is 1.27 bits per heavy atom. The molecule has 114 valence electrons. The number of hydrogen-bond donors (Lipinski definition) is 2. The molecular weight excluding hydrogens is 280 g/mol. The van der Waals surface area contributed by atoms with Crippen LogP contribution in [0.25, 0.3) is 0 Å². The van der Waals surface area contributed by atoms with Crippen molar-refractivity contribution in [3.63, 3.8) is 0 Å². The maximum Gasteiger partial charge on any atom is 0.255 e. The largest absolute Gasteiger partial charge is 0.368 e. The molecule has 0 spiro atoms. The number of hydrogen-bond acceptors (Lipinski definition) is 3. The van der Waals surface area contributed by atoms with Crippen molar-refractivity contribution in [3.05, 3.63) is 47.8 Å². The first-order chi connectivity index (χ1) is 10.6. The van der Waals surface area contributed by atoms with Crippen LogP contribution in [0.15, 0.2) is 36.7 Å². The van der Waals surface area contributed by atoms with Crippen molar-refractivity contribution in [1.29, 1.82) is 0 Å². The van der Waals surface area contributed by atoms with Gasteiger partial charge in [-0.1, -0.05) is 18.6 Å². The van der Waals surface area contributed by atoms with Crippen molar-refractivity contribution < 1.29 is 9.59 Å². The van der Waals surface area contributed by atoms with E-state index in [1.54, 1.807) is 6.20 Å². The van der Waals surface area contributed by atoms with Gasteiger partial charge in [0.25, 0.3) is 5.91 Å². The summed E-state index contributed by atoms with van der Waals surface area (Å²) in [6.45, 7) is -0.00798. The van der Waals surface area contributed by atoms with E-state index in [0.29, 0.717) is 17.2 Å². The minimum Gasteiger partial charge on any atom is -0.368 e. The normalized spacial score (nSPS) is 14.4. The van der Waals surface area contributed by atoms with Gasteiger partial charge in [-0.05, 0) is 36.5 Å². The van der Waals surface area contributed by atoms with Crippen LogP contribution < -0.4 is 11.1 Å². The molecule has 22 heavy (non-hydrogen) atoms. The number of carbonyl (C=O) groups is 2. The zero-order valence-electron chi connectivity index (χ0n) is 12.2. The molecule has 2 amide bonds. The van der Waals surface area contributed by atoms with Gasteiger partial charge < -0.3 is 11.1 Å². The number of aromatic nitrogens is 2. The summed E-state index contributed by atoms with van der Waals surface area (Å²) in [6, 6.07) is 7.73. The van der Waals surface area contributed by atoms with Crippen molar-refractivity contribution >= 4 is 17.5 Å². The molecule has 0 saturated heterocycles. The third-order valence-corrected chi connectivity index (χ3v) is 3.96. The first-order valence-electron chi connectivity index (χ1n) is 7.34. The van der Waals surface area contributed by atoms with Gasteiger partial charge in [0.2, 0.25) is 5.91 Å². The van der Waals surface area contributed by atoms with E-state index >= 15 is 0 Å². The van der Waals surface area contributed by atoms with Crippen LogP contribution in [0.3, 0.4) is 0 Å². The fourth-order valence-corrected chi connectivity index (χ4v) is 2.53. The van der Waals surface area contributed by atoms with Gasteiger partial charge in [0, 0.05) is 11.8 Å². The summed E-state index contributed by atoms with van der Waals surface area (Å²) in [6.07, 6.45) is 6.84.